The summed E-state index contributed by atoms with van der Waals surface area (Å²) in [5.74, 6) is 0. The Morgan fingerprint density at radius 2 is 1.72 bits per heavy atom. The second-order valence-corrected chi connectivity index (χ2v) is 4.73. The highest BCUT2D eigenvalue weighted by atomic mass is 35.5. The molecule has 86 valence electrons. The Balaban J connectivity index is 2.23. The Kier molecular flexibility index (Phi) is 1.91. The number of halogens is 1. The van der Waals surface area contributed by atoms with Gasteiger partial charge < -0.3 is 4.42 Å². The van der Waals surface area contributed by atoms with Gasteiger partial charge in [-0.05, 0) is 22.9 Å². The molecule has 3 heteroatoms. The van der Waals surface area contributed by atoms with Gasteiger partial charge in [0.1, 0.15) is 11.1 Å². The summed E-state index contributed by atoms with van der Waals surface area (Å²) in [6.45, 7) is 0. The Hall–Kier alpha value is -2.06. The van der Waals surface area contributed by atoms with Gasteiger partial charge in [0.15, 0.2) is 5.58 Å². The van der Waals surface area contributed by atoms with Gasteiger partial charge in [-0.15, -0.1) is 0 Å². The summed E-state index contributed by atoms with van der Waals surface area (Å²) in [6, 6.07) is 14.2. The first-order chi connectivity index (χ1) is 8.81. The number of hydrogen-bond donors (Lipinski definition) is 0. The van der Waals surface area contributed by atoms with Crippen LogP contribution in [0.1, 0.15) is 0 Å². The average Bonchev–Trinajstić information content (AvgIpc) is 2.72. The number of benzene rings is 2. The van der Waals surface area contributed by atoms with Gasteiger partial charge in [-0.2, -0.15) is 0 Å². The minimum Gasteiger partial charge on any atom is -0.454 e. The van der Waals surface area contributed by atoms with E-state index in [4.69, 9.17) is 16.0 Å². The van der Waals surface area contributed by atoms with Crippen molar-refractivity contribution < 1.29 is 4.42 Å². The summed E-state index contributed by atoms with van der Waals surface area (Å²) < 4.78 is 5.79. The minimum absolute atomic E-state index is 0.589. The highest BCUT2D eigenvalue weighted by molar-refractivity contribution is 6.31. The van der Waals surface area contributed by atoms with Crippen molar-refractivity contribution in [3.8, 4) is 0 Å². The third kappa shape index (κ3) is 1.33. The minimum atomic E-state index is 0.589. The molecule has 0 unspecified atom stereocenters. The Labute approximate surface area is 108 Å². The highest BCUT2D eigenvalue weighted by Gasteiger charge is 2.09. The van der Waals surface area contributed by atoms with Crippen molar-refractivity contribution >= 4 is 44.4 Å². The van der Waals surface area contributed by atoms with Crippen molar-refractivity contribution in [2.24, 2.45) is 0 Å². The Bertz CT molecular complexity index is 895. The van der Waals surface area contributed by atoms with Gasteiger partial charge in [-0.3, -0.25) is 4.98 Å². The number of aromatic nitrogens is 1. The van der Waals surface area contributed by atoms with Gasteiger partial charge >= 0.3 is 0 Å². The van der Waals surface area contributed by atoms with Crippen LogP contribution < -0.4 is 0 Å². The van der Waals surface area contributed by atoms with E-state index in [9.17, 15) is 0 Å². The van der Waals surface area contributed by atoms with Crippen molar-refractivity contribution in [2.75, 3.05) is 0 Å². The smallest absolute Gasteiger partial charge is 0.155 e. The van der Waals surface area contributed by atoms with E-state index in [2.05, 4.69) is 23.2 Å². The van der Waals surface area contributed by atoms with Gasteiger partial charge in [0.05, 0.1) is 5.02 Å². The predicted molar refractivity (Wildman–Crippen MR) is 74.0 cm³/mol. The molecule has 2 aromatic carbocycles. The molecule has 0 saturated heterocycles. The molecule has 0 saturated carbocycles. The van der Waals surface area contributed by atoms with Crippen LogP contribution in [0.25, 0.3) is 32.8 Å². The molecule has 0 fully saturated rings. The number of pyridine rings is 1. The van der Waals surface area contributed by atoms with E-state index in [1.807, 2.05) is 18.2 Å². The molecular formula is C15H8ClNO. The molecule has 0 N–H and O–H groups in total. The van der Waals surface area contributed by atoms with Crippen LogP contribution in [0.5, 0.6) is 0 Å². The zero-order chi connectivity index (χ0) is 12.1. The molecule has 4 rings (SSSR count). The average molecular weight is 254 g/mol. The van der Waals surface area contributed by atoms with Crippen LogP contribution in [0.3, 0.4) is 0 Å². The van der Waals surface area contributed by atoms with Crippen LogP contribution in [0.2, 0.25) is 5.02 Å². The molecule has 2 nitrogen and oxygen atoms in total. The summed E-state index contributed by atoms with van der Waals surface area (Å²) >= 11 is 5.93. The van der Waals surface area contributed by atoms with Gasteiger partial charge in [0.25, 0.3) is 0 Å². The number of fused-ring (bicyclic) bond motifs is 4. The Morgan fingerprint density at radius 1 is 0.944 bits per heavy atom. The molecular weight excluding hydrogens is 246 g/mol. The van der Waals surface area contributed by atoms with E-state index in [1.54, 1.807) is 12.3 Å². The van der Waals surface area contributed by atoms with Gasteiger partial charge in [0.2, 0.25) is 0 Å². The maximum Gasteiger partial charge on any atom is 0.155 e. The van der Waals surface area contributed by atoms with Gasteiger partial charge in [-0.1, -0.05) is 35.9 Å². The van der Waals surface area contributed by atoms with E-state index in [0.717, 1.165) is 27.5 Å². The fourth-order valence-electron chi connectivity index (χ4n) is 2.31. The largest absolute Gasteiger partial charge is 0.454 e. The number of hydrogen-bond acceptors (Lipinski definition) is 2. The lowest BCUT2D eigenvalue weighted by Crippen LogP contribution is -1.75. The van der Waals surface area contributed by atoms with E-state index in [-0.39, 0.29) is 0 Å². The fraction of sp³-hybridized carbons (Fsp3) is 0. The van der Waals surface area contributed by atoms with Crippen LogP contribution >= 0.6 is 11.6 Å². The first-order valence-electron chi connectivity index (χ1n) is 5.68. The normalized spacial score (nSPS) is 11.6. The van der Waals surface area contributed by atoms with Gasteiger partial charge in [0, 0.05) is 17.6 Å². The molecule has 0 aliphatic heterocycles. The molecule has 0 radical (unpaired) electrons. The molecule has 0 aliphatic rings. The van der Waals surface area contributed by atoms with Crippen LogP contribution in [-0.4, -0.2) is 4.98 Å². The molecule has 0 atom stereocenters. The summed E-state index contributed by atoms with van der Waals surface area (Å²) in [4.78, 5) is 4.35. The maximum absolute atomic E-state index is 5.93. The van der Waals surface area contributed by atoms with Crippen molar-refractivity contribution in [1.82, 2.24) is 4.98 Å². The molecule has 2 aromatic heterocycles. The van der Waals surface area contributed by atoms with Crippen LogP contribution in [0.4, 0.5) is 0 Å². The molecule has 0 aliphatic carbocycles. The summed E-state index contributed by atoms with van der Waals surface area (Å²) in [5, 5.41) is 3.96. The van der Waals surface area contributed by atoms with Crippen LogP contribution in [0, 0.1) is 0 Å². The lowest BCUT2D eigenvalue weighted by atomic mass is 10.1. The van der Waals surface area contributed by atoms with E-state index in [0.29, 0.717) is 5.02 Å². The second-order valence-electron chi connectivity index (χ2n) is 4.30. The zero-order valence-electron chi connectivity index (χ0n) is 9.35. The number of nitrogens with zero attached hydrogens (tertiary/aromatic N) is 1. The maximum atomic E-state index is 5.93. The monoisotopic (exact) mass is 253 g/mol. The number of furan rings is 1. The summed E-state index contributed by atoms with van der Waals surface area (Å²) in [7, 11) is 0. The van der Waals surface area contributed by atoms with Crippen LogP contribution in [-0.2, 0) is 0 Å². The molecule has 0 spiro atoms. The fourth-order valence-corrected chi connectivity index (χ4v) is 2.46. The van der Waals surface area contributed by atoms with Crippen LogP contribution in [0.15, 0.2) is 53.1 Å². The van der Waals surface area contributed by atoms with E-state index >= 15 is 0 Å². The molecule has 18 heavy (non-hydrogen) atoms. The first kappa shape index (κ1) is 9.92. The second kappa shape index (κ2) is 3.47. The van der Waals surface area contributed by atoms with Crippen molar-refractivity contribution in [1.29, 1.82) is 0 Å². The molecule has 0 bridgehead atoms. The summed E-state index contributed by atoms with van der Waals surface area (Å²) in [5.41, 5.74) is 2.44. The third-order valence-corrected chi connectivity index (χ3v) is 3.35. The van der Waals surface area contributed by atoms with Crippen molar-refractivity contribution in [2.45, 2.75) is 0 Å². The molecule has 4 aromatic rings. The standard InChI is InChI=1S/C15H8ClNO/c16-11-7-14-15(17-8-11)12-5-9-3-1-2-4-10(9)6-13(12)18-14/h1-8H. The topological polar surface area (TPSA) is 26.0 Å². The van der Waals surface area contributed by atoms with Crippen molar-refractivity contribution in [3.63, 3.8) is 0 Å². The highest BCUT2D eigenvalue weighted by Crippen LogP contribution is 2.31. The third-order valence-electron chi connectivity index (χ3n) is 3.14. The summed E-state index contributed by atoms with van der Waals surface area (Å²) in [6.07, 6.45) is 1.65. The molecule has 0 amide bonds. The van der Waals surface area contributed by atoms with Gasteiger partial charge in [-0.25, -0.2) is 0 Å². The quantitative estimate of drug-likeness (QED) is 0.450. The molecule has 2 heterocycles. The Morgan fingerprint density at radius 3 is 2.56 bits per heavy atom. The lowest BCUT2D eigenvalue weighted by molar-refractivity contribution is 0.668. The zero-order valence-corrected chi connectivity index (χ0v) is 10.1. The van der Waals surface area contributed by atoms with E-state index in [1.165, 1.54) is 5.39 Å². The SMILES string of the molecule is Clc1cnc2c(c1)oc1cc3ccccc3cc12. The first-order valence-corrected chi connectivity index (χ1v) is 6.06. The predicted octanol–water partition coefficient (Wildman–Crippen LogP) is 4.79. The van der Waals surface area contributed by atoms with Crippen molar-refractivity contribution in [3.05, 3.63) is 53.7 Å². The van der Waals surface area contributed by atoms with E-state index < -0.39 is 0 Å². The lowest BCUT2D eigenvalue weighted by Gasteiger charge is -1.96. The number of rotatable bonds is 0.